The summed E-state index contributed by atoms with van der Waals surface area (Å²) in [5.74, 6) is -0.178. The van der Waals surface area contributed by atoms with Crippen LogP contribution in [-0.2, 0) is 6.18 Å². The Labute approximate surface area is 130 Å². The van der Waals surface area contributed by atoms with Crippen molar-refractivity contribution in [2.45, 2.75) is 18.6 Å². The third-order valence-corrected chi connectivity index (χ3v) is 3.75. The molecule has 1 saturated heterocycles. The van der Waals surface area contributed by atoms with Gasteiger partial charge in [0.2, 0.25) is 0 Å². The van der Waals surface area contributed by atoms with E-state index in [0.29, 0.717) is 24.3 Å². The van der Waals surface area contributed by atoms with Gasteiger partial charge < -0.3 is 10.6 Å². The highest BCUT2D eigenvalue weighted by molar-refractivity contribution is 5.95. The first kappa shape index (κ1) is 15.5. The molecule has 2 heterocycles. The number of benzene rings is 1. The number of amides is 1. The molecular weight excluding hydrogens is 309 g/mol. The molecule has 0 bridgehead atoms. The molecule has 8 heteroatoms. The molecule has 2 aromatic rings. The summed E-state index contributed by atoms with van der Waals surface area (Å²) >= 11 is 0. The van der Waals surface area contributed by atoms with E-state index in [1.54, 1.807) is 23.1 Å². The Kier molecular flexibility index (Phi) is 3.85. The van der Waals surface area contributed by atoms with Crippen LogP contribution in [0.25, 0.3) is 5.69 Å². The number of rotatable bonds is 2. The summed E-state index contributed by atoms with van der Waals surface area (Å²) in [6.45, 7) is 1.08. The number of hydrogen-bond acceptors (Lipinski definition) is 3. The molecule has 3 rings (SSSR count). The van der Waals surface area contributed by atoms with Gasteiger partial charge in [0.15, 0.2) is 5.69 Å². The predicted molar refractivity (Wildman–Crippen MR) is 77.1 cm³/mol. The van der Waals surface area contributed by atoms with Gasteiger partial charge in [-0.2, -0.15) is 18.3 Å². The number of hydrogen-bond donors (Lipinski definition) is 1. The first-order chi connectivity index (χ1) is 10.8. The summed E-state index contributed by atoms with van der Waals surface area (Å²) in [5, 5.41) is 3.51. The summed E-state index contributed by atoms with van der Waals surface area (Å²) in [4.78, 5) is 14.0. The van der Waals surface area contributed by atoms with Gasteiger partial charge in [0.1, 0.15) is 0 Å². The van der Waals surface area contributed by atoms with E-state index in [1.165, 1.54) is 12.3 Å². The van der Waals surface area contributed by atoms with Crippen LogP contribution in [0, 0.1) is 0 Å². The van der Waals surface area contributed by atoms with Gasteiger partial charge in [0, 0.05) is 30.9 Å². The molecule has 0 aliphatic carbocycles. The van der Waals surface area contributed by atoms with E-state index in [2.05, 4.69) is 5.10 Å². The van der Waals surface area contributed by atoms with Crippen molar-refractivity contribution in [1.82, 2.24) is 14.7 Å². The van der Waals surface area contributed by atoms with Crippen LogP contribution in [0.1, 0.15) is 22.5 Å². The number of aromatic nitrogens is 2. The maximum absolute atomic E-state index is 12.6. The lowest BCUT2D eigenvalue weighted by Gasteiger charge is -2.16. The van der Waals surface area contributed by atoms with Crippen molar-refractivity contribution in [3.8, 4) is 5.69 Å². The second kappa shape index (κ2) is 5.69. The molecule has 2 N–H and O–H groups in total. The van der Waals surface area contributed by atoms with Crippen molar-refractivity contribution in [2.24, 2.45) is 5.73 Å². The second-order valence-electron chi connectivity index (χ2n) is 5.49. The van der Waals surface area contributed by atoms with E-state index in [4.69, 9.17) is 5.73 Å². The Hall–Kier alpha value is -2.35. The van der Waals surface area contributed by atoms with Crippen LogP contribution in [0.5, 0.6) is 0 Å². The molecule has 122 valence electrons. The molecule has 23 heavy (non-hydrogen) atoms. The number of likely N-dealkylation sites (tertiary alicyclic amines) is 1. The molecule has 1 fully saturated rings. The minimum atomic E-state index is -4.50. The molecular formula is C15H15F3N4O. The number of nitrogens with zero attached hydrogens (tertiary/aromatic N) is 3. The van der Waals surface area contributed by atoms with Crippen LogP contribution in [0.15, 0.2) is 36.5 Å². The van der Waals surface area contributed by atoms with Gasteiger partial charge in [-0.05, 0) is 30.7 Å². The third-order valence-electron chi connectivity index (χ3n) is 3.75. The lowest BCUT2D eigenvalue weighted by Crippen LogP contribution is -2.31. The fraction of sp³-hybridized carbons (Fsp3) is 0.333. The summed E-state index contributed by atoms with van der Waals surface area (Å²) in [6.07, 6.45) is -2.53. The number of carbonyl (C=O) groups excluding carboxylic acids is 1. The first-order valence-corrected chi connectivity index (χ1v) is 7.13. The fourth-order valence-corrected chi connectivity index (χ4v) is 2.55. The van der Waals surface area contributed by atoms with Crippen LogP contribution >= 0.6 is 0 Å². The molecule has 0 unspecified atom stereocenters. The third kappa shape index (κ3) is 3.21. The van der Waals surface area contributed by atoms with Crippen molar-refractivity contribution < 1.29 is 18.0 Å². The Morgan fingerprint density at radius 2 is 2.09 bits per heavy atom. The highest BCUT2D eigenvalue weighted by Gasteiger charge is 2.33. The topological polar surface area (TPSA) is 64.2 Å². The van der Waals surface area contributed by atoms with Gasteiger partial charge in [-0.25, -0.2) is 4.68 Å². The van der Waals surface area contributed by atoms with Gasteiger partial charge in [0.25, 0.3) is 5.91 Å². The van der Waals surface area contributed by atoms with Gasteiger partial charge in [-0.3, -0.25) is 4.79 Å². The molecule has 5 nitrogen and oxygen atoms in total. The molecule has 1 aliphatic rings. The predicted octanol–water partition coefficient (Wildman–Crippen LogP) is 2.06. The Balaban J connectivity index is 1.85. The lowest BCUT2D eigenvalue weighted by molar-refractivity contribution is -0.141. The zero-order valence-electron chi connectivity index (χ0n) is 12.1. The maximum Gasteiger partial charge on any atom is 0.435 e. The molecule has 1 aromatic carbocycles. The quantitative estimate of drug-likeness (QED) is 0.920. The SMILES string of the molecule is N[C@H]1CCN(C(=O)c2cccc(-n3ccc(C(F)(F)F)n3)c2)C1. The van der Waals surface area contributed by atoms with Crippen LogP contribution in [0.4, 0.5) is 13.2 Å². The highest BCUT2D eigenvalue weighted by Crippen LogP contribution is 2.28. The van der Waals surface area contributed by atoms with E-state index < -0.39 is 11.9 Å². The van der Waals surface area contributed by atoms with E-state index in [-0.39, 0.29) is 11.9 Å². The number of nitrogens with two attached hydrogens (primary N) is 1. The maximum atomic E-state index is 12.6. The fourth-order valence-electron chi connectivity index (χ4n) is 2.55. The highest BCUT2D eigenvalue weighted by atomic mass is 19.4. The number of halogens is 3. The normalized spacial score (nSPS) is 18.4. The molecule has 1 aliphatic heterocycles. The van der Waals surface area contributed by atoms with Gasteiger partial charge in [0.05, 0.1) is 5.69 Å². The largest absolute Gasteiger partial charge is 0.435 e. The molecule has 0 saturated carbocycles. The smallest absolute Gasteiger partial charge is 0.337 e. The van der Waals surface area contributed by atoms with Crippen LogP contribution in [0.3, 0.4) is 0 Å². The second-order valence-corrected chi connectivity index (χ2v) is 5.49. The summed E-state index contributed by atoms with van der Waals surface area (Å²) in [7, 11) is 0. The summed E-state index contributed by atoms with van der Waals surface area (Å²) in [6, 6.07) is 7.24. The number of carbonyl (C=O) groups is 1. The standard InChI is InChI=1S/C15H15F3N4O/c16-15(17,18)13-5-7-22(20-13)12-3-1-2-10(8-12)14(23)21-6-4-11(19)9-21/h1-3,5,7-8,11H,4,6,9,19H2/t11-/m0/s1. The lowest BCUT2D eigenvalue weighted by atomic mass is 10.2. The van der Waals surface area contributed by atoms with Crippen LogP contribution in [-0.4, -0.2) is 39.7 Å². The molecule has 1 amide bonds. The minimum absolute atomic E-state index is 0.0254. The Bertz CT molecular complexity index is 726. The van der Waals surface area contributed by atoms with Gasteiger partial charge >= 0.3 is 6.18 Å². The first-order valence-electron chi connectivity index (χ1n) is 7.13. The van der Waals surface area contributed by atoms with Crippen molar-refractivity contribution in [2.75, 3.05) is 13.1 Å². The van der Waals surface area contributed by atoms with Gasteiger partial charge in [-0.1, -0.05) is 6.07 Å². The molecule has 0 radical (unpaired) electrons. The zero-order chi connectivity index (χ0) is 16.6. The number of alkyl halides is 3. The van der Waals surface area contributed by atoms with Crippen molar-refractivity contribution in [1.29, 1.82) is 0 Å². The molecule has 1 aromatic heterocycles. The average molecular weight is 324 g/mol. The zero-order valence-corrected chi connectivity index (χ0v) is 12.1. The van der Waals surface area contributed by atoms with Crippen LogP contribution < -0.4 is 5.73 Å². The summed E-state index contributed by atoms with van der Waals surface area (Å²) < 4.78 is 39.0. The van der Waals surface area contributed by atoms with Crippen molar-refractivity contribution in [3.63, 3.8) is 0 Å². The van der Waals surface area contributed by atoms with Crippen molar-refractivity contribution >= 4 is 5.91 Å². The van der Waals surface area contributed by atoms with Crippen LogP contribution in [0.2, 0.25) is 0 Å². The van der Waals surface area contributed by atoms with E-state index in [9.17, 15) is 18.0 Å². The Morgan fingerprint density at radius 3 is 2.70 bits per heavy atom. The minimum Gasteiger partial charge on any atom is -0.337 e. The van der Waals surface area contributed by atoms with E-state index in [1.807, 2.05) is 0 Å². The average Bonchev–Trinajstić information content (AvgIpc) is 3.15. The van der Waals surface area contributed by atoms with Crippen molar-refractivity contribution in [3.05, 3.63) is 47.8 Å². The van der Waals surface area contributed by atoms with Gasteiger partial charge in [-0.15, -0.1) is 0 Å². The van der Waals surface area contributed by atoms with E-state index in [0.717, 1.165) is 17.2 Å². The molecule has 1 atom stereocenters. The van der Waals surface area contributed by atoms with E-state index >= 15 is 0 Å². The molecule has 0 spiro atoms. The monoisotopic (exact) mass is 324 g/mol. The Morgan fingerprint density at radius 1 is 1.30 bits per heavy atom. The summed E-state index contributed by atoms with van der Waals surface area (Å²) in [5.41, 5.74) is 5.62.